The highest BCUT2D eigenvalue weighted by molar-refractivity contribution is 5.68. The molecular weight excluding hydrogens is 296 g/mol. The zero-order valence-electron chi connectivity index (χ0n) is 14.8. The molecule has 2 heterocycles. The van der Waals surface area contributed by atoms with Gasteiger partial charge in [-0.15, -0.1) is 0 Å². The largest absolute Gasteiger partial charge is 0.396 e. The van der Waals surface area contributed by atoms with Crippen molar-refractivity contribution >= 4 is 11.5 Å². The van der Waals surface area contributed by atoms with Gasteiger partial charge in [-0.1, -0.05) is 43.7 Å². The van der Waals surface area contributed by atoms with Gasteiger partial charge in [0.2, 0.25) is 0 Å². The van der Waals surface area contributed by atoms with Crippen LogP contribution in [0.25, 0.3) is 0 Å². The number of rotatable bonds is 3. The maximum Gasteiger partial charge on any atom is 0.133 e. The third kappa shape index (κ3) is 3.26. The predicted molar refractivity (Wildman–Crippen MR) is 99.0 cm³/mol. The fraction of sp³-hybridized carbons (Fsp3) is 0.450. The van der Waals surface area contributed by atoms with E-state index in [9.17, 15) is 5.26 Å². The summed E-state index contributed by atoms with van der Waals surface area (Å²) in [6.45, 7) is 9.34. The highest BCUT2D eigenvalue weighted by Crippen LogP contribution is 2.33. The smallest absolute Gasteiger partial charge is 0.133 e. The lowest BCUT2D eigenvalue weighted by atomic mass is 9.92. The highest BCUT2D eigenvalue weighted by Gasteiger charge is 2.27. The van der Waals surface area contributed by atoms with E-state index in [1.807, 2.05) is 6.07 Å². The van der Waals surface area contributed by atoms with E-state index < -0.39 is 0 Å². The van der Waals surface area contributed by atoms with E-state index in [1.165, 1.54) is 17.5 Å². The first-order chi connectivity index (χ1) is 11.5. The Bertz CT molecular complexity index is 758. The summed E-state index contributed by atoms with van der Waals surface area (Å²) in [7, 11) is 0. The van der Waals surface area contributed by atoms with Gasteiger partial charge in [0.15, 0.2) is 0 Å². The molecule has 0 amide bonds. The van der Waals surface area contributed by atoms with E-state index in [-0.39, 0.29) is 0 Å². The number of hydrogen-bond donors (Lipinski definition) is 1. The number of aromatic nitrogens is 1. The van der Waals surface area contributed by atoms with Crippen molar-refractivity contribution in [2.45, 2.75) is 33.7 Å². The van der Waals surface area contributed by atoms with Gasteiger partial charge in [-0.25, -0.2) is 0 Å². The van der Waals surface area contributed by atoms with Crippen LogP contribution in [0.1, 0.15) is 37.1 Å². The standard InChI is InChI=1S/C20H26N4/c1-14-5-4-6-17(8-14)13-24-18(10-21)9-19(22)20(24)23-11-15(2)7-16(3)12-23/h4-6,8-9,15-16H,7,11-13,22H2,1-3H3/t15-,16-/m1/s1. The molecule has 0 radical (unpaired) electrons. The van der Waals surface area contributed by atoms with Crippen molar-refractivity contribution in [3.8, 4) is 6.07 Å². The second-order valence-corrected chi connectivity index (χ2v) is 7.35. The number of benzene rings is 1. The number of hydrogen-bond acceptors (Lipinski definition) is 3. The summed E-state index contributed by atoms with van der Waals surface area (Å²) in [5.41, 5.74) is 10.1. The monoisotopic (exact) mass is 322 g/mol. The Morgan fingerprint density at radius 2 is 1.92 bits per heavy atom. The SMILES string of the molecule is Cc1cccc(Cn2c(C#N)cc(N)c2N2C[C@H](C)C[C@@H](C)C2)c1. The van der Waals surface area contributed by atoms with Crippen LogP contribution in [0.4, 0.5) is 11.5 Å². The topological polar surface area (TPSA) is 58.0 Å². The van der Waals surface area contributed by atoms with Crippen LogP contribution in [0.2, 0.25) is 0 Å². The maximum absolute atomic E-state index is 9.55. The van der Waals surface area contributed by atoms with Crippen molar-refractivity contribution in [3.63, 3.8) is 0 Å². The first-order valence-electron chi connectivity index (χ1n) is 8.67. The minimum Gasteiger partial charge on any atom is -0.396 e. The van der Waals surface area contributed by atoms with Crippen LogP contribution in [0.3, 0.4) is 0 Å². The Morgan fingerprint density at radius 1 is 1.21 bits per heavy atom. The lowest BCUT2D eigenvalue weighted by molar-refractivity contribution is 0.353. The van der Waals surface area contributed by atoms with Gasteiger partial charge < -0.3 is 15.2 Å². The Balaban J connectivity index is 2.00. The first-order valence-corrected chi connectivity index (χ1v) is 8.67. The number of piperidine rings is 1. The van der Waals surface area contributed by atoms with Gasteiger partial charge in [0.25, 0.3) is 0 Å². The van der Waals surface area contributed by atoms with Gasteiger partial charge in [0, 0.05) is 13.1 Å². The summed E-state index contributed by atoms with van der Waals surface area (Å²) in [5.74, 6) is 2.29. The zero-order chi connectivity index (χ0) is 17.3. The summed E-state index contributed by atoms with van der Waals surface area (Å²) >= 11 is 0. The molecule has 0 bridgehead atoms. The Hall–Kier alpha value is -2.41. The molecule has 3 rings (SSSR count). The first kappa shape index (κ1) is 16.4. The molecule has 1 aromatic heterocycles. The van der Waals surface area contributed by atoms with Crippen molar-refractivity contribution < 1.29 is 0 Å². The van der Waals surface area contributed by atoms with E-state index in [2.05, 4.69) is 60.6 Å². The van der Waals surface area contributed by atoms with Crippen LogP contribution in [0.5, 0.6) is 0 Å². The third-order valence-electron chi connectivity index (χ3n) is 4.80. The average Bonchev–Trinajstić information content (AvgIpc) is 2.82. The van der Waals surface area contributed by atoms with Gasteiger partial charge in [0.05, 0.1) is 12.2 Å². The number of nitrogens with zero attached hydrogens (tertiary/aromatic N) is 3. The molecule has 1 aromatic carbocycles. The lowest BCUT2D eigenvalue weighted by Crippen LogP contribution is -2.40. The molecule has 24 heavy (non-hydrogen) atoms. The quantitative estimate of drug-likeness (QED) is 0.935. The van der Waals surface area contributed by atoms with Crippen LogP contribution in [-0.2, 0) is 6.54 Å². The van der Waals surface area contributed by atoms with Crippen LogP contribution in [0.15, 0.2) is 30.3 Å². The molecule has 126 valence electrons. The van der Waals surface area contributed by atoms with Crippen LogP contribution < -0.4 is 10.6 Å². The van der Waals surface area contributed by atoms with Crippen molar-refractivity contribution in [2.24, 2.45) is 11.8 Å². The van der Waals surface area contributed by atoms with E-state index in [4.69, 9.17) is 5.73 Å². The lowest BCUT2D eigenvalue weighted by Gasteiger charge is -2.37. The summed E-state index contributed by atoms with van der Waals surface area (Å²) in [6.07, 6.45) is 1.25. The fourth-order valence-corrected chi connectivity index (χ4v) is 3.99. The molecule has 0 unspecified atom stereocenters. The molecule has 2 aromatic rings. The Labute approximate surface area is 144 Å². The average molecular weight is 322 g/mol. The van der Waals surface area contributed by atoms with Gasteiger partial charge in [-0.3, -0.25) is 0 Å². The third-order valence-corrected chi connectivity index (χ3v) is 4.80. The van der Waals surface area contributed by atoms with Crippen LogP contribution in [-0.4, -0.2) is 17.7 Å². The number of anilines is 2. The fourth-order valence-electron chi connectivity index (χ4n) is 3.99. The van der Waals surface area contributed by atoms with Crippen molar-refractivity contribution in [1.82, 2.24) is 4.57 Å². The predicted octanol–water partition coefficient (Wildman–Crippen LogP) is 3.78. The van der Waals surface area contributed by atoms with Crippen molar-refractivity contribution in [1.29, 1.82) is 5.26 Å². The summed E-state index contributed by atoms with van der Waals surface area (Å²) in [6, 6.07) is 12.6. The Morgan fingerprint density at radius 3 is 2.54 bits per heavy atom. The number of nitrogen functional groups attached to an aromatic ring is 1. The Kier molecular flexibility index (Phi) is 4.53. The molecule has 4 nitrogen and oxygen atoms in total. The molecular formula is C20H26N4. The molecule has 0 aliphatic carbocycles. The molecule has 1 saturated heterocycles. The molecule has 1 aliphatic rings. The second kappa shape index (κ2) is 6.60. The van der Waals surface area contributed by atoms with E-state index >= 15 is 0 Å². The van der Waals surface area contributed by atoms with Crippen molar-refractivity contribution in [2.75, 3.05) is 23.7 Å². The van der Waals surface area contributed by atoms with E-state index in [0.29, 0.717) is 29.8 Å². The maximum atomic E-state index is 9.55. The molecule has 2 N–H and O–H groups in total. The summed E-state index contributed by atoms with van der Waals surface area (Å²) in [5, 5.41) is 9.55. The normalized spacial score (nSPS) is 20.8. The highest BCUT2D eigenvalue weighted by atomic mass is 15.3. The molecule has 1 fully saturated rings. The summed E-state index contributed by atoms with van der Waals surface area (Å²) in [4.78, 5) is 2.37. The van der Waals surface area contributed by atoms with Gasteiger partial charge >= 0.3 is 0 Å². The van der Waals surface area contributed by atoms with Crippen LogP contribution >= 0.6 is 0 Å². The number of nitriles is 1. The molecule has 2 atom stereocenters. The van der Waals surface area contributed by atoms with E-state index in [0.717, 1.165) is 18.9 Å². The van der Waals surface area contributed by atoms with Gasteiger partial charge in [-0.2, -0.15) is 5.26 Å². The van der Waals surface area contributed by atoms with Gasteiger partial charge in [0.1, 0.15) is 17.6 Å². The molecule has 0 spiro atoms. The van der Waals surface area contributed by atoms with Crippen LogP contribution in [0, 0.1) is 30.1 Å². The number of aryl methyl sites for hydroxylation is 1. The zero-order valence-corrected chi connectivity index (χ0v) is 14.8. The molecule has 4 heteroatoms. The van der Waals surface area contributed by atoms with E-state index in [1.54, 1.807) is 0 Å². The minimum absolute atomic E-state index is 0.634. The van der Waals surface area contributed by atoms with Gasteiger partial charge in [-0.05, 0) is 36.8 Å². The molecule has 0 saturated carbocycles. The molecule has 1 aliphatic heterocycles. The minimum atomic E-state index is 0.634. The number of nitrogens with two attached hydrogens (primary N) is 1. The summed E-state index contributed by atoms with van der Waals surface area (Å²) < 4.78 is 2.08. The second-order valence-electron chi connectivity index (χ2n) is 7.35. The van der Waals surface area contributed by atoms with Crippen molar-refractivity contribution in [3.05, 3.63) is 47.2 Å².